The molecule has 29 heavy (non-hydrogen) atoms. The molecule has 1 N–H and O–H groups in total. The summed E-state index contributed by atoms with van der Waals surface area (Å²) in [7, 11) is 0. The molecule has 5 aliphatic carbocycles. The fourth-order valence-corrected chi connectivity index (χ4v) is 7.22. The van der Waals surface area contributed by atoms with Crippen molar-refractivity contribution in [2.75, 3.05) is 13.2 Å². The number of urea groups is 1. The number of nitrogens with zero attached hydrogens (tertiary/aromatic N) is 1. The standard InChI is InChI=1S/C22H30N2O5/c25-17(21-10-14-7-15(11-21)9-16(8-14)12-21)13-29-18(26)3-6-24-19(27)22(23-20(24)28)4-1-2-5-22/h14-16H,1-13H2,(H,23,28). The van der Waals surface area contributed by atoms with Gasteiger partial charge in [0, 0.05) is 12.0 Å². The lowest BCUT2D eigenvalue weighted by molar-refractivity contribution is -0.157. The molecule has 6 rings (SSSR count). The zero-order valence-electron chi connectivity index (χ0n) is 16.9. The average Bonchev–Trinajstić information content (AvgIpc) is 3.22. The first-order chi connectivity index (χ1) is 13.9. The summed E-state index contributed by atoms with van der Waals surface area (Å²) in [6.07, 6.45) is 9.78. The smallest absolute Gasteiger partial charge is 0.325 e. The molecular weight excluding hydrogens is 372 g/mol. The van der Waals surface area contributed by atoms with Gasteiger partial charge in [-0.15, -0.1) is 0 Å². The van der Waals surface area contributed by atoms with Crippen molar-refractivity contribution in [1.82, 2.24) is 10.2 Å². The van der Waals surface area contributed by atoms with Crippen LogP contribution in [-0.4, -0.2) is 47.3 Å². The lowest BCUT2D eigenvalue weighted by Gasteiger charge is -2.55. The number of Topliss-reactive ketones (excluding diaryl/α,β-unsaturated/α-hetero) is 1. The van der Waals surface area contributed by atoms with Gasteiger partial charge in [-0.2, -0.15) is 0 Å². The number of hydrogen-bond donors (Lipinski definition) is 1. The second-order valence-electron chi connectivity index (χ2n) is 10.2. The normalized spacial score (nSPS) is 36.7. The molecule has 0 aromatic heterocycles. The highest BCUT2D eigenvalue weighted by atomic mass is 16.5. The molecule has 1 aliphatic heterocycles. The van der Waals surface area contributed by atoms with E-state index in [1.165, 1.54) is 19.3 Å². The molecule has 1 heterocycles. The van der Waals surface area contributed by atoms with Crippen LogP contribution < -0.4 is 5.32 Å². The van der Waals surface area contributed by atoms with Crippen molar-refractivity contribution in [2.45, 2.75) is 76.2 Å². The predicted molar refractivity (Wildman–Crippen MR) is 103 cm³/mol. The third-order valence-electron chi connectivity index (χ3n) is 8.24. The molecular formula is C22H30N2O5. The van der Waals surface area contributed by atoms with Crippen molar-refractivity contribution in [3.8, 4) is 0 Å². The summed E-state index contributed by atoms with van der Waals surface area (Å²) in [5.74, 6) is 1.34. The second-order valence-corrected chi connectivity index (χ2v) is 10.2. The first kappa shape index (κ1) is 19.1. The summed E-state index contributed by atoms with van der Waals surface area (Å²) in [6, 6.07) is -0.422. The Bertz CT molecular complexity index is 719. The van der Waals surface area contributed by atoms with Gasteiger partial charge in [-0.05, 0) is 69.1 Å². The fraction of sp³-hybridized carbons (Fsp3) is 0.818. The first-order valence-electron chi connectivity index (χ1n) is 11.2. The van der Waals surface area contributed by atoms with E-state index in [0.29, 0.717) is 30.6 Å². The zero-order chi connectivity index (χ0) is 20.2. The van der Waals surface area contributed by atoms with Crippen molar-refractivity contribution >= 4 is 23.7 Å². The maximum Gasteiger partial charge on any atom is 0.325 e. The van der Waals surface area contributed by atoms with E-state index in [1.54, 1.807) is 0 Å². The molecule has 6 fully saturated rings. The maximum atomic E-state index is 12.9. The van der Waals surface area contributed by atoms with Crippen LogP contribution in [0.15, 0.2) is 0 Å². The van der Waals surface area contributed by atoms with Gasteiger partial charge in [0.05, 0.1) is 6.42 Å². The lowest BCUT2D eigenvalue weighted by Crippen LogP contribution is -2.51. The summed E-state index contributed by atoms with van der Waals surface area (Å²) in [4.78, 5) is 51.1. The topological polar surface area (TPSA) is 92.8 Å². The van der Waals surface area contributed by atoms with E-state index < -0.39 is 17.5 Å². The number of carbonyl (C=O) groups excluding carboxylic acids is 4. The first-order valence-corrected chi connectivity index (χ1v) is 11.2. The number of esters is 1. The summed E-state index contributed by atoms with van der Waals surface area (Å²) in [5, 5.41) is 2.81. The summed E-state index contributed by atoms with van der Waals surface area (Å²) < 4.78 is 5.28. The van der Waals surface area contributed by atoms with Crippen LogP contribution in [0.3, 0.4) is 0 Å². The fourth-order valence-electron chi connectivity index (χ4n) is 7.22. The number of imide groups is 1. The number of nitrogens with one attached hydrogen (secondary N) is 1. The Morgan fingerprint density at radius 2 is 1.59 bits per heavy atom. The third kappa shape index (κ3) is 3.17. The average molecular weight is 402 g/mol. The van der Waals surface area contributed by atoms with Gasteiger partial charge in [-0.1, -0.05) is 12.8 Å². The van der Waals surface area contributed by atoms with Gasteiger partial charge >= 0.3 is 12.0 Å². The van der Waals surface area contributed by atoms with E-state index in [4.69, 9.17) is 4.74 Å². The van der Waals surface area contributed by atoms with Crippen LogP contribution in [-0.2, 0) is 19.1 Å². The number of ether oxygens (including phenoxy) is 1. The Labute approximate surface area is 170 Å². The van der Waals surface area contributed by atoms with Crippen molar-refractivity contribution in [2.24, 2.45) is 23.2 Å². The van der Waals surface area contributed by atoms with Crippen molar-refractivity contribution in [3.63, 3.8) is 0 Å². The number of ketones is 1. The van der Waals surface area contributed by atoms with E-state index in [-0.39, 0.29) is 36.7 Å². The Kier molecular flexibility index (Phi) is 4.48. The van der Waals surface area contributed by atoms with Crippen LogP contribution in [0.4, 0.5) is 4.79 Å². The van der Waals surface area contributed by atoms with Crippen LogP contribution in [0.5, 0.6) is 0 Å². The molecule has 0 unspecified atom stereocenters. The minimum Gasteiger partial charge on any atom is -0.458 e. The Morgan fingerprint density at radius 1 is 1.00 bits per heavy atom. The number of rotatable bonds is 6. The van der Waals surface area contributed by atoms with Crippen LogP contribution in [0.1, 0.15) is 70.6 Å². The molecule has 0 atom stereocenters. The summed E-state index contributed by atoms with van der Waals surface area (Å²) in [5.41, 5.74) is -1.02. The molecule has 1 saturated heterocycles. The molecule has 0 aromatic carbocycles. The van der Waals surface area contributed by atoms with Crippen LogP contribution in [0, 0.1) is 23.2 Å². The third-order valence-corrected chi connectivity index (χ3v) is 8.24. The zero-order valence-corrected chi connectivity index (χ0v) is 16.9. The van der Waals surface area contributed by atoms with Gasteiger partial charge in [0.25, 0.3) is 5.91 Å². The van der Waals surface area contributed by atoms with Gasteiger partial charge in [0.1, 0.15) is 5.54 Å². The van der Waals surface area contributed by atoms with Crippen LogP contribution in [0.2, 0.25) is 0 Å². The van der Waals surface area contributed by atoms with Gasteiger partial charge in [-0.3, -0.25) is 19.3 Å². The summed E-state index contributed by atoms with van der Waals surface area (Å²) in [6.45, 7) is -0.161. The van der Waals surface area contributed by atoms with Crippen molar-refractivity contribution in [3.05, 3.63) is 0 Å². The van der Waals surface area contributed by atoms with Gasteiger partial charge < -0.3 is 10.1 Å². The van der Waals surface area contributed by atoms with Gasteiger partial charge in [0.15, 0.2) is 12.4 Å². The SMILES string of the molecule is O=C(CCN1C(=O)NC2(CCCC2)C1=O)OCC(=O)C12CC3CC(CC(C3)C1)C2. The van der Waals surface area contributed by atoms with E-state index in [1.807, 2.05) is 0 Å². The lowest BCUT2D eigenvalue weighted by atomic mass is 9.48. The number of hydrogen-bond acceptors (Lipinski definition) is 5. The molecule has 0 aromatic rings. The highest BCUT2D eigenvalue weighted by Gasteiger charge is 2.55. The molecule has 5 saturated carbocycles. The molecule has 7 nitrogen and oxygen atoms in total. The van der Waals surface area contributed by atoms with E-state index in [9.17, 15) is 19.2 Å². The second kappa shape index (κ2) is 6.81. The van der Waals surface area contributed by atoms with Crippen molar-refractivity contribution in [1.29, 1.82) is 0 Å². The molecule has 7 heteroatoms. The number of carbonyl (C=O) groups is 4. The van der Waals surface area contributed by atoms with E-state index >= 15 is 0 Å². The van der Waals surface area contributed by atoms with Crippen molar-refractivity contribution < 1.29 is 23.9 Å². The maximum absolute atomic E-state index is 12.9. The predicted octanol–water partition coefficient (Wildman–Crippen LogP) is 2.57. The molecule has 4 bridgehead atoms. The Balaban J connectivity index is 1.12. The largest absolute Gasteiger partial charge is 0.458 e. The van der Waals surface area contributed by atoms with E-state index in [0.717, 1.165) is 37.0 Å². The van der Waals surface area contributed by atoms with E-state index in [2.05, 4.69) is 5.32 Å². The minimum absolute atomic E-state index is 0.0107. The molecule has 6 aliphatic rings. The van der Waals surface area contributed by atoms with Crippen LogP contribution in [0.25, 0.3) is 0 Å². The van der Waals surface area contributed by atoms with Gasteiger partial charge in [0.2, 0.25) is 0 Å². The van der Waals surface area contributed by atoms with Crippen LogP contribution >= 0.6 is 0 Å². The highest BCUT2D eigenvalue weighted by Crippen LogP contribution is 2.60. The monoisotopic (exact) mass is 402 g/mol. The number of amides is 3. The van der Waals surface area contributed by atoms with Gasteiger partial charge in [-0.25, -0.2) is 4.79 Å². The highest BCUT2D eigenvalue weighted by molar-refractivity contribution is 6.07. The quantitative estimate of drug-likeness (QED) is 0.544. The molecule has 158 valence electrons. The minimum atomic E-state index is -0.755. The Morgan fingerprint density at radius 3 is 2.17 bits per heavy atom. The molecule has 3 amide bonds. The summed E-state index contributed by atoms with van der Waals surface area (Å²) >= 11 is 0. The molecule has 1 spiro atoms. The molecule has 0 radical (unpaired) electrons. The Hall–Kier alpha value is -1.92.